The maximum Gasteiger partial charge on any atom is 0.146 e. The summed E-state index contributed by atoms with van der Waals surface area (Å²) in [5.74, 6) is 1.51. The number of aryl methyl sites for hydroxylation is 2. The summed E-state index contributed by atoms with van der Waals surface area (Å²) in [4.78, 5) is 0. The van der Waals surface area contributed by atoms with Crippen LogP contribution in [0.1, 0.15) is 22.3 Å². The second-order valence-electron chi connectivity index (χ2n) is 4.78. The van der Waals surface area contributed by atoms with Crippen LogP contribution in [0.4, 0.5) is 0 Å². The van der Waals surface area contributed by atoms with E-state index in [1.54, 1.807) is 0 Å². The second kappa shape index (κ2) is 5.64. The van der Waals surface area contributed by atoms with Crippen molar-refractivity contribution in [3.05, 3.63) is 57.6 Å². The predicted molar refractivity (Wildman–Crippen MR) is 80.1 cm³/mol. The third-order valence-electron chi connectivity index (χ3n) is 3.22. The topological polar surface area (TPSA) is 35.2 Å². The van der Waals surface area contributed by atoms with Crippen molar-refractivity contribution in [2.75, 3.05) is 0 Å². The van der Waals surface area contributed by atoms with Crippen LogP contribution in [0.15, 0.2) is 30.3 Å². The summed E-state index contributed by atoms with van der Waals surface area (Å²) in [5.41, 5.74) is 10.1. The molecule has 2 nitrogen and oxygen atoms in total. The number of halogens is 1. The Bertz CT molecular complexity index is 608. The number of ether oxygens (including phenoxy) is 1. The zero-order valence-electron chi connectivity index (χ0n) is 11.5. The average Bonchev–Trinajstić information content (AvgIpc) is 2.37. The van der Waals surface area contributed by atoms with Crippen LogP contribution < -0.4 is 10.5 Å². The van der Waals surface area contributed by atoms with E-state index in [9.17, 15) is 0 Å². The molecule has 0 fully saturated rings. The van der Waals surface area contributed by atoms with Gasteiger partial charge in [0.25, 0.3) is 0 Å². The van der Waals surface area contributed by atoms with Gasteiger partial charge in [0.1, 0.15) is 11.5 Å². The minimum atomic E-state index is 0.475. The minimum absolute atomic E-state index is 0.475. The van der Waals surface area contributed by atoms with Crippen molar-refractivity contribution in [1.29, 1.82) is 0 Å². The molecule has 2 rings (SSSR count). The zero-order valence-corrected chi connectivity index (χ0v) is 12.2. The monoisotopic (exact) mass is 275 g/mol. The molecule has 19 heavy (non-hydrogen) atoms. The highest BCUT2D eigenvalue weighted by atomic mass is 35.5. The quantitative estimate of drug-likeness (QED) is 0.894. The van der Waals surface area contributed by atoms with E-state index in [1.165, 1.54) is 11.1 Å². The molecule has 0 saturated heterocycles. The highest BCUT2D eigenvalue weighted by Gasteiger charge is 2.08. The van der Waals surface area contributed by atoms with Crippen molar-refractivity contribution in [2.24, 2.45) is 5.73 Å². The van der Waals surface area contributed by atoms with Gasteiger partial charge in [-0.3, -0.25) is 0 Å². The third kappa shape index (κ3) is 3.09. The summed E-state index contributed by atoms with van der Waals surface area (Å²) in [6.07, 6.45) is 0. The maximum atomic E-state index is 6.21. The summed E-state index contributed by atoms with van der Waals surface area (Å²) in [5, 5.41) is 0.585. The summed E-state index contributed by atoms with van der Waals surface area (Å²) >= 11 is 6.21. The Labute approximate surface area is 119 Å². The molecule has 0 amide bonds. The van der Waals surface area contributed by atoms with Gasteiger partial charge < -0.3 is 10.5 Å². The summed E-state index contributed by atoms with van der Waals surface area (Å²) in [6.45, 7) is 6.65. The first-order valence-corrected chi connectivity index (χ1v) is 6.63. The SMILES string of the molecule is Cc1cc(C)c(C)c(Oc2ccc(CN)cc2Cl)c1. The first-order chi connectivity index (χ1) is 9.01. The van der Waals surface area contributed by atoms with Crippen molar-refractivity contribution in [1.82, 2.24) is 0 Å². The number of nitrogens with two attached hydrogens (primary N) is 1. The zero-order chi connectivity index (χ0) is 14.0. The Morgan fingerprint density at radius 3 is 2.42 bits per heavy atom. The fraction of sp³-hybridized carbons (Fsp3) is 0.250. The molecular weight excluding hydrogens is 258 g/mol. The standard InChI is InChI=1S/C16H18ClNO/c1-10-6-11(2)12(3)16(7-10)19-15-5-4-13(9-18)8-14(15)17/h4-8H,9,18H2,1-3H3. The van der Waals surface area contributed by atoms with Gasteiger partial charge in [-0.05, 0) is 61.2 Å². The molecule has 0 aliphatic rings. The van der Waals surface area contributed by atoms with Gasteiger partial charge in [0, 0.05) is 6.54 Å². The molecular formula is C16H18ClNO. The Kier molecular flexibility index (Phi) is 4.13. The molecule has 0 aromatic heterocycles. The van der Waals surface area contributed by atoms with Crippen LogP contribution in [0.25, 0.3) is 0 Å². The van der Waals surface area contributed by atoms with Crippen molar-refractivity contribution >= 4 is 11.6 Å². The highest BCUT2D eigenvalue weighted by molar-refractivity contribution is 6.32. The van der Waals surface area contributed by atoms with Crippen LogP contribution in [0.5, 0.6) is 11.5 Å². The van der Waals surface area contributed by atoms with Gasteiger partial charge in [0.05, 0.1) is 5.02 Å². The smallest absolute Gasteiger partial charge is 0.146 e. The van der Waals surface area contributed by atoms with Gasteiger partial charge >= 0.3 is 0 Å². The van der Waals surface area contributed by atoms with E-state index in [0.717, 1.165) is 16.9 Å². The van der Waals surface area contributed by atoms with E-state index >= 15 is 0 Å². The fourth-order valence-electron chi connectivity index (χ4n) is 1.98. The Morgan fingerprint density at radius 1 is 1.05 bits per heavy atom. The largest absolute Gasteiger partial charge is 0.456 e. The molecule has 0 spiro atoms. The molecule has 0 bridgehead atoms. The lowest BCUT2D eigenvalue weighted by Crippen LogP contribution is -1.97. The first-order valence-electron chi connectivity index (χ1n) is 6.25. The van der Waals surface area contributed by atoms with Gasteiger partial charge in [-0.15, -0.1) is 0 Å². The molecule has 0 aliphatic carbocycles. The lowest BCUT2D eigenvalue weighted by molar-refractivity contribution is 0.478. The van der Waals surface area contributed by atoms with Crippen LogP contribution in [-0.4, -0.2) is 0 Å². The summed E-state index contributed by atoms with van der Waals surface area (Å²) in [7, 11) is 0. The predicted octanol–water partition coefficient (Wildman–Crippen LogP) is 4.52. The van der Waals surface area contributed by atoms with E-state index in [2.05, 4.69) is 19.9 Å². The molecule has 2 aromatic carbocycles. The maximum absolute atomic E-state index is 6.21. The molecule has 0 aliphatic heterocycles. The highest BCUT2D eigenvalue weighted by Crippen LogP contribution is 2.33. The Hall–Kier alpha value is -1.51. The van der Waals surface area contributed by atoms with E-state index in [1.807, 2.05) is 31.2 Å². The molecule has 3 heteroatoms. The Morgan fingerprint density at radius 2 is 1.79 bits per heavy atom. The van der Waals surface area contributed by atoms with Crippen LogP contribution in [-0.2, 0) is 6.54 Å². The van der Waals surface area contributed by atoms with Gasteiger partial charge in [0.15, 0.2) is 0 Å². The van der Waals surface area contributed by atoms with Crippen LogP contribution >= 0.6 is 11.6 Å². The number of rotatable bonds is 3. The van der Waals surface area contributed by atoms with Crippen molar-refractivity contribution < 1.29 is 4.74 Å². The molecule has 0 saturated carbocycles. The molecule has 0 heterocycles. The Balaban J connectivity index is 2.36. The average molecular weight is 276 g/mol. The van der Waals surface area contributed by atoms with Crippen molar-refractivity contribution in [3.63, 3.8) is 0 Å². The lowest BCUT2D eigenvalue weighted by Gasteiger charge is -2.13. The van der Waals surface area contributed by atoms with E-state index in [0.29, 0.717) is 17.3 Å². The molecule has 0 unspecified atom stereocenters. The van der Waals surface area contributed by atoms with Gasteiger partial charge in [0.2, 0.25) is 0 Å². The third-order valence-corrected chi connectivity index (χ3v) is 3.51. The molecule has 0 atom stereocenters. The van der Waals surface area contributed by atoms with E-state index in [-0.39, 0.29) is 0 Å². The van der Waals surface area contributed by atoms with Crippen LogP contribution in [0.2, 0.25) is 5.02 Å². The van der Waals surface area contributed by atoms with Gasteiger partial charge in [-0.25, -0.2) is 0 Å². The first kappa shape index (κ1) is 13.9. The summed E-state index contributed by atoms with van der Waals surface area (Å²) in [6, 6.07) is 9.80. The summed E-state index contributed by atoms with van der Waals surface area (Å²) < 4.78 is 5.93. The van der Waals surface area contributed by atoms with Crippen molar-refractivity contribution in [2.45, 2.75) is 27.3 Å². The second-order valence-corrected chi connectivity index (χ2v) is 5.18. The van der Waals surface area contributed by atoms with E-state index in [4.69, 9.17) is 22.1 Å². The number of benzene rings is 2. The lowest BCUT2D eigenvalue weighted by atomic mass is 10.1. The molecule has 100 valence electrons. The molecule has 2 aromatic rings. The van der Waals surface area contributed by atoms with Crippen LogP contribution in [0, 0.1) is 20.8 Å². The minimum Gasteiger partial charge on any atom is -0.456 e. The van der Waals surface area contributed by atoms with Gasteiger partial charge in [-0.1, -0.05) is 23.7 Å². The molecule has 0 radical (unpaired) electrons. The normalized spacial score (nSPS) is 10.6. The van der Waals surface area contributed by atoms with Gasteiger partial charge in [-0.2, -0.15) is 0 Å². The molecule has 2 N–H and O–H groups in total. The fourth-order valence-corrected chi connectivity index (χ4v) is 2.22. The number of hydrogen-bond donors (Lipinski definition) is 1. The van der Waals surface area contributed by atoms with E-state index < -0.39 is 0 Å². The van der Waals surface area contributed by atoms with Crippen molar-refractivity contribution in [3.8, 4) is 11.5 Å². The van der Waals surface area contributed by atoms with Crippen LogP contribution in [0.3, 0.4) is 0 Å². The number of hydrogen-bond acceptors (Lipinski definition) is 2.